The fraction of sp³-hybridized carbons (Fsp3) is 0.0952. The molecule has 0 bridgehead atoms. The summed E-state index contributed by atoms with van der Waals surface area (Å²) >= 11 is 0. The first-order valence-electron chi connectivity index (χ1n) is 8.77. The molecule has 0 aliphatic carbocycles. The van der Waals surface area contributed by atoms with Crippen LogP contribution in [0.3, 0.4) is 0 Å². The SMILES string of the molecule is COc1ccc(NC(=O)CN(c2ccc(F)cc2)S(=O)(=O)c2ccc(F)cc2)cc1. The molecule has 0 saturated heterocycles. The summed E-state index contributed by atoms with van der Waals surface area (Å²) in [5.74, 6) is -1.17. The predicted octanol–water partition coefficient (Wildman–Crippen LogP) is 3.81. The van der Waals surface area contributed by atoms with E-state index in [-0.39, 0.29) is 10.6 Å². The van der Waals surface area contributed by atoms with Crippen molar-refractivity contribution < 1.29 is 26.7 Å². The van der Waals surface area contributed by atoms with Crippen molar-refractivity contribution in [3.63, 3.8) is 0 Å². The molecule has 0 fully saturated rings. The molecule has 1 amide bonds. The predicted molar refractivity (Wildman–Crippen MR) is 109 cm³/mol. The van der Waals surface area contributed by atoms with Gasteiger partial charge in [-0.25, -0.2) is 17.2 Å². The second-order valence-electron chi connectivity index (χ2n) is 6.22. The largest absolute Gasteiger partial charge is 0.497 e. The smallest absolute Gasteiger partial charge is 0.264 e. The molecule has 0 radical (unpaired) electrons. The maximum atomic E-state index is 13.3. The highest BCUT2D eigenvalue weighted by atomic mass is 32.2. The van der Waals surface area contributed by atoms with Crippen LogP contribution in [0.4, 0.5) is 20.2 Å². The minimum atomic E-state index is -4.22. The van der Waals surface area contributed by atoms with Crippen molar-refractivity contribution in [3.05, 3.63) is 84.4 Å². The molecule has 9 heteroatoms. The van der Waals surface area contributed by atoms with Gasteiger partial charge in [-0.05, 0) is 72.8 Å². The Bertz CT molecular complexity index is 1120. The minimum Gasteiger partial charge on any atom is -0.497 e. The lowest BCUT2D eigenvalue weighted by Gasteiger charge is -2.24. The number of methoxy groups -OCH3 is 1. The van der Waals surface area contributed by atoms with Gasteiger partial charge < -0.3 is 10.1 Å². The highest BCUT2D eigenvalue weighted by molar-refractivity contribution is 7.92. The molecule has 1 N–H and O–H groups in total. The van der Waals surface area contributed by atoms with Gasteiger partial charge in [0.05, 0.1) is 17.7 Å². The molecule has 156 valence electrons. The Morgan fingerprint density at radius 1 is 0.900 bits per heavy atom. The number of nitrogens with one attached hydrogen (secondary N) is 1. The third-order valence-electron chi connectivity index (χ3n) is 4.18. The normalized spacial score (nSPS) is 11.0. The lowest BCUT2D eigenvalue weighted by Crippen LogP contribution is -2.38. The van der Waals surface area contributed by atoms with E-state index in [1.165, 1.54) is 19.2 Å². The molecule has 0 heterocycles. The van der Waals surface area contributed by atoms with Crippen LogP contribution in [-0.4, -0.2) is 28.0 Å². The van der Waals surface area contributed by atoms with Gasteiger partial charge in [0.25, 0.3) is 10.0 Å². The summed E-state index contributed by atoms with van der Waals surface area (Å²) in [5, 5.41) is 2.60. The fourth-order valence-corrected chi connectivity index (χ4v) is 4.08. The molecule has 6 nitrogen and oxygen atoms in total. The molecule has 0 aliphatic heterocycles. The minimum absolute atomic E-state index is 0.0885. The van der Waals surface area contributed by atoms with Crippen molar-refractivity contribution in [1.82, 2.24) is 0 Å². The Hall–Kier alpha value is -3.46. The monoisotopic (exact) mass is 432 g/mol. The molecule has 0 atom stereocenters. The van der Waals surface area contributed by atoms with E-state index in [0.29, 0.717) is 11.4 Å². The Kier molecular flexibility index (Phi) is 6.31. The molecule has 0 aliphatic rings. The number of ether oxygens (including phenoxy) is 1. The number of sulfonamides is 1. The summed E-state index contributed by atoms with van der Waals surface area (Å²) in [5.41, 5.74) is 0.532. The number of carbonyl (C=O) groups is 1. The average Bonchev–Trinajstić information content (AvgIpc) is 2.73. The van der Waals surface area contributed by atoms with Gasteiger partial charge in [0.1, 0.15) is 23.9 Å². The Labute approximate surface area is 172 Å². The van der Waals surface area contributed by atoms with Crippen LogP contribution in [0.1, 0.15) is 0 Å². The first-order valence-corrected chi connectivity index (χ1v) is 10.2. The van der Waals surface area contributed by atoms with Crippen molar-refractivity contribution in [2.24, 2.45) is 0 Å². The maximum Gasteiger partial charge on any atom is 0.264 e. The van der Waals surface area contributed by atoms with Crippen molar-refractivity contribution in [2.75, 3.05) is 23.3 Å². The number of benzene rings is 3. The van der Waals surface area contributed by atoms with Crippen LogP contribution in [0.15, 0.2) is 77.7 Å². The molecule has 0 aromatic heterocycles. The molecule has 3 aromatic carbocycles. The summed E-state index contributed by atoms with van der Waals surface area (Å²) < 4.78 is 58.7. The summed E-state index contributed by atoms with van der Waals surface area (Å²) in [6.07, 6.45) is 0. The number of anilines is 2. The second-order valence-corrected chi connectivity index (χ2v) is 8.08. The van der Waals surface area contributed by atoms with E-state index in [0.717, 1.165) is 40.7 Å². The van der Waals surface area contributed by atoms with E-state index in [1.807, 2.05) is 0 Å². The van der Waals surface area contributed by atoms with E-state index in [4.69, 9.17) is 4.74 Å². The van der Waals surface area contributed by atoms with Crippen molar-refractivity contribution in [2.45, 2.75) is 4.90 Å². The van der Waals surface area contributed by atoms with Crippen LogP contribution in [0.25, 0.3) is 0 Å². The summed E-state index contributed by atoms with van der Waals surface area (Å²) in [6, 6.07) is 15.4. The molecule has 0 saturated carbocycles. The highest BCUT2D eigenvalue weighted by Crippen LogP contribution is 2.24. The Balaban J connectivity index is 1.90. The fourth-order valence-electron chi connectivity index (χ4n) is 2.66. The van der Waals surface area contributed by atoms with Crippen molar-refractivity contribution >= 4 is 27.3 Å². The average molecular weight is 432 g/mol. The number of hydrogen-bond donors (Lipinski definition) is 1. The van der Waals surface area contributed by atoms with E-state index in [1.54, 1.807) is 24.3 Å². The number of halogens is 2. The lowest BCUT2D eigenvalue weighted by atomic mass is 10.3. The first kappa shape index (κ1) is 21.3. The summed E-state index contributed by atoms with van der Waals surface area (Å²) in [4.78, 5) is 12.4. The van der Waals surface area contributed by atoms with E-state index in [9.17, 15) is 22.0 Å². The van der Waals surface area contributed by atoms with Gasteiger partial charge in [-0.2, -0.15) is 0 Å². The summed E-state index contributed by atoms with van der Waals surface area (Å²) in [6.45, 7) is -0.572. The molecule has 0 unspecified atom stereocenters. The van der Waals surface area contributed by atoms with Crippen LogP contribution in [0, 0.1) is 11.6 Å². The standard InChI is InChI=1S/C21H18F2N2O4S/c1-29-19-10-6-17(7-11-19)24-21(26)14-25(18-8-2-15(22)3-9-18)30(27,28)20-12-4-16(23)5-13-20/h2-13H,14H2,1H3,(H,24,26). The molecule has 3 aromatic rings. The number of rotatable bonds is 7. The van der Waals surface area contributed by atoms with Gasteiger partial charge in [0, 0.05) is 5.69 Å². The number of amides is 1. The van der Waals surface area contributed by atoms with Crippen LogP contribution in [0.2, 0.25) is 0 Å². The molecule has 3 rings (SSSR count). The lowest BCUT2D eigenvalue weighted by molar-refractivity contribution is -0.114. The maximum absolute atomic E-state index is 13.3. The highest BCUT2D eigenvalue weighted by Gasteiger charge is 2.27. The zero-order chi connectivity index (χ0) is 21.7. The summed E-state index contributed by atoms with van der Waals surface area (Å²) in [7, 11) is -2.71. The van der Waals surface area contributed by atoms with Crippen LogP contribution in [0.5, 0.6) is 5.75 Å². The number of carbonyl (C=O) groups excluding carboxylic acids is 1. The zero-order valence-electron chi connectivity index (χ0n) is 15.9. The third-order valence-corrected chi connectivity index (χ3v) is 5.97. The van der Waals surface area contributed by atoms with Crippen molar-refractivity contribution in [1.29, 1.82) is 0 Å². The zero-order valence-corrected chi connectivity index (χ0v) is 16.7. The van der Waals surface area contributed by atoms with Gasteiger partial charge in [-0.1, -0.05) is 0 Å². The van der Waals surface area contributed by atoms with Gasteiger partial charge >= 0.3 is 0 Å². The topological polar surface area (TPSA) is 75.7 Å². The third kappa shape index (κ3) is 4.93. The molecule has 0 spiro atoms. The van der Waals surface area contributed by atoms with Crippen molar-refractivity contribution in [3.8, 4) is 5.75 Å². The van der Waals surface area contributed by atoms with E-state index >= 15 is 0 Å². The molecular weight excluding hydrogens is 414 g/mol. The van der Waals surface area contributed by atoms with E-state index < -0.39 is 34.1 Å². The van der Waals surface area contributed by atoms with E-state index in [2.05, 4.69) is 5.32 Å². The molecular formula is C21H18F2N2O4S. The van der Waals surface area contributed by atoms with Gasteiger partial charge in [-0.15, -0.1) is 0 Å². The van der Waals surface area contributed by atoms with Crippen LogP contribution < -0.4 is 14.4 Å². The van der Waals surface area contributed by atoms with Gasteiger partial charge in [0.15, 0.2) is 0 Å². The van der Waals surface area contributed by atoms with Gasteiger partial charge in [-0.3, -0.25) is 9.10 Å². The Morgan fingerprint density at radius 3 is 1.97 bits per heavy atom. The Morgan fingerprint density at radius 2 is 1.43 bits per heavy atom. The molecule has 30 heavy (non-hydrogen) atoms. The first-order chi connectivity index (χ1) is 14.3. The number of hydrogen-bond acceptors (Lipinski definition) is 4. The van der Waals surface area contributed by atoms with Crippen LogP contribution in [-0.2, 0) is 14.8 Å². The van der Waals surface area contributed by atoms with Crippen LogP contribution >= 0.6 is 0 Å². The van der Waals surface area contributed by atoms with Gasteiger partial charge in [0.2, 0.25) is 5.91 Å². The number of nitrogens with zero attached hydrogens (tertiary/aromatic N) is 1. The second kappa shape index (κ2) is 8.91. The quantitative estimate of drug-likeness (QED) is 0.616.